The fraction of sp³-hybridized carbons (Fsp3) is 0.250. The Kier molecular flexibility index (Phi) is 4.53. The molecule has 2 amide bonds. The van der Waals surface area contributed by atoms with E-state index in [0.717, 1.165) is 16.6 Å². The molecule has 138 valence electrons. The minimum atomic E-state index is -0.790. The molecule has 6 nitrogen and oxygen atoms in total. The lowest BCUT2D eigenvalue weighted by molar-refractivity contribution is -0.123. The van der Waals surface area contributed by atoms with Crippen molar-refractivity contribution >= 4 is 44.2 Å². The Morgan fingerprint density at radius 2 is 2.11 bits per heavy atom. The van der Waals surface area contributed by atoms with Crippen LogP contribution in [0, 0.1) is 0 Å². The largest absolute Gasteiger partial charge is 0.476 e. The van der Waals surface area contributed by atoms with Crippen LogP contribution in [-0.4, -0.2) is 29.4 Å². The van der Waals surface area contributed by atoms with Gasteiger partial charge in [0.15, 0.2) is 11.2 Å². The SMILES string of the molecule is CCc1ccc2nc(NC(=O)[C@@H]3CN(C(C)=O)c4ccccc4O3)sc2c1. The first-order valence-electron chi connectivity index (χ1n) is 8.79. The van der Waals surface area contributed by atoms with Crippen molar-refractivity contribution in [3.05, 3.63) is 48.0 Å². The molecule has 0 saturated carbocycles. The van der Waals surface area contributed by atoms with Crippen molar-refractivity contribution in [1.29, 1.82) is 0 Å². The minimum absolute atomic E-state index is 0.129. The first kappa shape index (κ1) is 17.5. The van der Waals surface area contributed by atoms with E-state index in [0.29, 0.717) is 16.6 Å². The van der Waals surface area contributed by atoms with Crippen LogP contribution in [0.25, 0.3) is 10.2 Å². The lowest BCUT2D eigenvalue weighted by Gasteiger charge is -2.33. The van der Waals surface area contributed by atoms with E-state index in [1.165, 1.54) is 23.8 Å². The number of aromatic nitrogens is 1. The first-order valence-corrected chi connectivity index (χ1v) is 9.61. The lowest BCUT2D eigenvalue weighted by Crippen LogP contribution is -2.48. The van der Waals surface area contributed by atoms with E-state index in [9.17, 15) is 9.59 Å². The number of ether oxygens (including phenoxy) is 1. The average molecular weight is 381 g/mol. The normalized spacial score (nSPS) is 15.9. The Hall–Kier alpha value is -2.93. The van der Waals surface area contributed by atoms with Crippen LogP contribution in [0.1, 0.15) is 19.4 Å². The van der Waals surface area contributed by atoms with Crippen LogP contribution >= 0.6 is 11.3 Å². The van der Waals surface area contributed by atoms with Crippen LogP contribution in [0.2, 0.25) is 0 Å². The monoisotopic (exact) mass is 381 g/mol. The van der Waals surface area contributed by atoms with Gasteiger partial charge in [-0.1, -0.05) is 36.5 Å². The fourth-order valence-corrected chi connectivity index (χ4v) is 4.03. The van der Waals surface area contributed by atoms with Crippen molar-refractivity contribution in [3.8, 4) is 5.75 Å². The van der Waals surface area contributed by atoms with Gasteiger partial charge >= 0.3 is 0 Å². The van der Waals surface area contributed by atoms with Gasteiger partial charge in [-0.3, -0.25) is 14.9 Å². The van der Waals surface area contributed by atoms with Crippen molar-refractivity contribution in [2.75, 3.05) is 16.8 Å². The van der Waals surface area contributed by atoms with Crippen molar-refractivity contribution in [2.24, 2.45) is 0 Å². The van der Waals surface area contributed by atoms with E-state index in [1.807, 2.05) is 30.3 Å². The molecule has 27 heavy (non-hydrogen) atoms. The molecule has 2 aromatic carbocycles. The third-order valence-electron chi connectivity index (χ3n) is 4.54. The van der Waals surface area contributed by atoms with E-state index in [1.54, 1.807) is 11.0 Å². The number of carbonyl (C=O) groups is 2. The maximum atomic E-state index is 12.7. The number of thiazole rings is 1. The van der Waals surface area contributed by atoms with Crippen molar-refractivity contribution in [1.82, 2.24) is 4.98 Å². The number of nitrogens with zero attached hydrogens (tertiary/aromatic N) is 2. The number of nitrogens with one attached hydrogen (secondary N) is 1. The predicted molar refractivity (Wildman–Crippen MR) is 107 cm³/mol. The van der Waals surface area contributed by atoms with Gasteiger partial charge in [-0.05, 0) is 36.2 Å². The number of hydrogen-bond donors (Lipinski definition) is 1. The van der Waals surface area contributed by atoms with Crippen LogP contribution in [-0.2, 0) is 16.0 Å². The molecule has 1 aromatic heterocycles. The second-order valence-corrected chi connectivity index (χ2v) is 7.40. The smallest absolute Gasteiger partial charge is 0.269 e. The van der Waals surface area contributed by atoms with E-state index in [4.69, 9.17) is 4.74 Å². The second-order valence-electron chi connectivity index (χ2n) is 6.37. The highest BCUT2D eigenvalue weighted by atomic mass is 32.1. The van der Waals surface area contributed by atoms with Crippen LogP contribution < -0.4 is 15.0 Å². The molecule has 0 spiro atoms. The van der Waals surface area contributed by atoms with Crippen LogP contribution in [0.5, 0.6) is 5.75 Å². The van der Waals surface area contributed by atoms with Crippen molar-refractivity contribution in [3.63, 3.8) is 0 Å². The summed E-state index contributed by atoms with van der Waals surface area (Å²) in [6.07, 6.45) is 0.160. The maximum absolute atomic E-state index is 12.7. The third kappa shape index (κ3) is 3.38. The van der Waals surface area contributed by atoms with Gasteiger partial charge in [0.2, 0.25) is 5.91 Å². The fourth-order valence-electron chi connectivity index (χ4n) is 3.10. The summed E-state index contributed by atoms with van der Waals surface area (Å²) in [5.41, 5.74) is 2.77. The lowest BCUT2D eigenvalue weighted by atomic mass is 10.1. The van der Waals surface area contributed by atoms with Crippen molar-refractivity contribution in [2.45, 2.75) is 26.4 Å². The molecule has 0 aliphatic carbocycles. The molecule has 1 atom stereocenters. The average Bonchev–Trinajstić information content (AvgIpc) is 3.08. The molecule has 0 bridgehead atoms. The molecule has 0 unspecified atom stereocenters. The Labute approximate surface area is 160 Å². The number of amides is 2. The van der Waals surface area contributed by atoms with Crippen LogP contribution in [0.3, 0.4) is 0 Å². The molecular weight excluding hydrogens is 362 g/mol. The molecule has 4 rings (SSSR count). The zero-order valence-electron chi connectivity index (χ0n) is 15.1. The molecule has 0 fully saturated rings. The second kappa shape index (κ2) is 7.00. The van der Waals surface area contributed by atoms with Gasteiger partial charge in [0.1, 0.15) is 5.75 Å². The van der Waals surface area contributed by atoms with E-state index >= 15 is 0 Å². The summed E-state index contributed by atoms with van der Waals surface area (Å²) >= 11 is 1.43. The molecule has 0 saturated heterocycles. The highest BCUT2D eigenvalue weighted by Crippen LogP contribution is 2.34. The molecule has 3 aromatic rings. The first-order chi connectivity index (χ1) is 13.0. The van der Waals surface area contributed by atoms with Gasteiger partial charge in [0.05, 0.1) is 22.4 Å². The summed E-state index contributed by atoms with van der Waals surface area (Å²) in [6.45, 7) is 3.75. The number of rotatable bonds is 3. The Balaban J connectivity index is 1.55. The van der Waals surface area contributed by atoms with Crippen LogP contribution in [0.15, 0.2) is 42.5 Å². The number of carbonyl (C=O) groups excluding carboxylic acids is 2. The minimum Gasteiger partial charge on any atom is -0.476 e. The van der Waals surface area contributed by atoms with Gasteiger partial charge < -0.3 is 9.64 Å². The number of benzene rings is 2. The topological polar surface area (TPSA) is 71.5 Å². The number of anilines is 2. The molecule has 7 heteroatoms. The summed E-state index contributed by atoms with van der Waals surface area (Å²) in [4.78, 5) is 30.8. The van der Waals surface area contributed by atoms with Crippen molar-refractivity contribution < 1.29 is 14.3 Å². The van der Waals surface area contributed by atoms with Gasteiger partial charge in [-0.2, -0.15) is 0 Å². The summed E-state index contributed by atoms with van der Waals surface area (Å²) in [6, 6.07) is 13.3. The highest BCUT2D eigenvalue weighted by molar-refractivity contribution is 7.22. The van der Waals surface area contributed by atoms with E-state index < -0.39 is 6.10 Å². The van der Waals surface area contributed by atoms with Gasteiger partial charge in [-0.15, -0.1) is 0 Å². The van der Waals surface area contributed by atoms with E-state index in [-0.39, 0.29) is 18.4 Å². The van der Waals surface area contributed by atoms with Gasteiger partial charge in [0.25, 0.3) is 5.91 Å². The number of hydrogen-bond acceptors (Lipinski definition) is 5. The zero-order valence-corrected chi connectivity index (χ0v) is 15.9. The highest BCUT2D eigenvalue weighted by Gasteiger charge is 2.32. The summed E-state index contributed by atoms with van der Waals surface area (Å²) in [5.74, 6) is 0.0807. The predicted octanol–water partition coefficient (Wildman–Crippen LogP) is 3.61. The van der Waals surface area contributed by atoms with E-state index in [2.05, 4.69) is 23.3 Å². The molecule has 2 heterocycles. The Bertz CT molecular complexity index is 1030. The Morgan fingerprint density at radius 1 is 1.30 bits per heavy atom. The number of fused-ring (bicyclic) bond motifs is 2. The van der Waals surface area contributed by atoms with Gasteiger partial charge in [-0.25, -0.2) is 4.98 Å². The Morgan fingerprint density at radius 3 is 2.89 bits per heavy atom. The zero-order chi connectivity index (χ0) is 19.0. The molecule has 0 radical (unpaired) electrons. The third-order valence-corrected chi connectivity index (χ3v) is 5.47. The standard InChI is InChI=1S/C20H19N3O3S/c1-3-13-8-9-14-18(10-13)27-20(21-14)22-19(25)17-11-23(12(2)24)15-6-4-5-7-16(15)26-17/h4-10,17H,3,11H2,1-2H3,(H,21,22,25)/t17-/m0/s1. The summed E-state index contributed by atoms with van der Waals surface area (Å²) in [7, 11) is 0. The molecule has 1 aliphatic heterocycles. The maximum Gasteiger partial charge on any atom is 0.269 e. The molecule has 1 aliphatic rings. The number of aryl methyl sites for hydroxylation is 1. The summed E-state index contributed by atoms with van der Waals surface area (Å²) < 4.78 is 6.86. The summed E-state index contributed by atoms with van der Waals surface area (Å²) in [5, 5.41) is 3.36. The number of para-hydroxylation sites is 2. The van der Waals surface area contributed by atoms with Gasteiger partial charge in [0, 0.05) is 6.92 Å². The quantitative estimate of drug-likeness (QED) is 0.752. The molecular formula is C20H19N3O3S. The van der Waals surface area contributed by atoms with Crippen LogP contribution in [0.4, 0.5) is 10.8 Å². The molecule has 1 N–H and O–H groups in total.